The van der Waals surface area contributed by atoms with E-state index in [2.05, 4.69) is 23.6 Å². The normalized spacial score (nSPS) is 11.6. The van der Waals surface area contributed by atoms with Gasteiger partial charge in [0, 0.05) is 16.1 Å². The number of hydrogen-bond acceptors (Lipinski definition) is 2. The Hall–Kier alpha value is -0.643. The molecule has 72 valence electrons. The summed E-state index contributed by atoms with van der Waals surface area (Å²) in [5.41, 5.74) is 1.28. The first-order valence-corrected chi connectivity index (χ1v) is 7.15. The maximum atomic E-state index is 9.07. The van der Waals surface area contributed by atoms with Gasteiger partial charge in [-0.2, -0.15) is 0 Å². The molecule has 0 spiro atoms. The van der Waals surface area contributed by atoms with Crippen molar-refractivity contribution in [1.29, 1.82) is 0 Å². The minimum absolute atomic E-state index is 0.00561. The van der Waals surface area contributed by atoms with Crippen LogP contribution >= 0.6 is 0 Å². The van der Waals surface area contributed by atoms with Crippen molar-refractivity contribution in [3.05, 3.63) is 35.9 Å². The van der Waals surface area contributed by atoms with Gasteiger partial charge in [0.2, 0.25) is 0 Å². The molecule has 0 amide bonds. The molecule has 1 rings (SSSR count). The molecule has 1 aromatic carbocycles. The monoisotopic (exact) mass is 195 g/mol. The second-order valence-corrected chi connectivity index (χ2v) is 4.63. The van der Waals surface area contributed by atoms with E-state index in [1.165, 1.54) is 5.56 Å². The van der Waals surface area contributed by atoms with Gasteiger partial charge in [0.15, 0.2) is 0 Å². The smallest absolute Gasteiger partial charge is 0.0956 e. The Kier molecular flexibility index (Phi) is 4.75. The zero-order valence-corrected chi connectivity index (χ0v) is 9.52. The summed E-state index contributed by atoms with van der Waals surface area (Å²) in [4.78, 5) is 2.08. The second-order valence-electron chi connectivity index (χ2n) is 3.18. The molecule has 0 bridgehead atoms. The highest BCUT2D eigenvalue weighted by Gasteiger charge is 2.01. The lowest BCUT2D eigenvalue weighted by molar-refractivity contribution is 0.118. The lowest BCUT2D eigenvalue weighted by Crippen LogP contribution is -2.27. The molecule has 0 aliphatic carbocycles. The van der Waals surface area contributed by atoms with Crippen molar-refractivity contribution in [3.63, 3.8) is 0 Å². The Labute approximate surface area is 82.0 Å². The van der Waals surface area contributed by atoms with Gasteiger partial charge in [0.1, 0.15) is 0 Å². The van der Waals surface area contributed by atoms with Crippen molar-refractivity contribution in [3.8, 4) is 0 Å². The summed E-state index contributed by atoms with van der Waals surface area (Å²) in [5, 5.41) is 9.07. The first-order valence-electron chi connectivity index (χ1n) is 4.74. The lowest BCUT2D eigenvalue weighted by Gasteiger charge is -2.18. The minimum Gasteiger partial charge on any atom is -0.381 e. The van der Waals surface area contributed by atoms with Gasteiger partial charge in [-0.15, -0.1) is 0 Å². The maximum absolute atomic E-state index is 9.07. The predicted octanol–water partition coefficient (Wildman–Crippen LogP) is 0.613. The summed E-state index contributed by atoms with van der Waals surface area (Å²) in [6.45, 7) is 3.31. The standard InChI is InChI=1S/C10H17NOSi/c1-13-9-11(8-12)7-10-5-3-2-4-6-10/h2-6,12H,7-9,13H2,1H3. The molecule has 1 N–H and O–H groups in total. The fraction of sp³-hybridized carbons (Fsp3) is 0.400. The van der Waals surface area contributed by atoms with Gasteiger partial charge in [-0.25, -0.2) is 0 Å². The summed E-state index contributed by atoms with van der Waals surface area (Å²) in [7, 11) is 0.00561. The second kappa shape index (κ2) is 5.91. The van der Waals surface area contributed by atoms with Crippen LogP contribution < -0.4 is 0 Å². The van der Waals surface area contributed by atoms with Gasteiger partial charge >= 0.3 is 0 Å². The fourth-order valence-electron chi connectivity index (χ4n) is 1.36. The van der Waals surface area contributed by atoms with Crippen molar-refractivity contribution >= 4 is 9.52 Å². The van der Waals surface area contributed by atoms with Gasteiger partial charge in [-0.05, 0) is 11.7 Å². The van der Waals surface area contributed by atoms with Crippen LogP contribution in [0.15, 0.2) is 30.3 Å². The van der Waals surface area contributed by atoms with E-state index in [-0.39, 0.29) is 16.3 Å². The van der Waals surface area contributed by atoms with Crippen LogP contribution in [-0.2, 0) is 6.54 Å². The topological polar surface area (TPSA) is 23.5 Å². The number of benzene rings is 1. The van der Waals surface area contributed by atoms with Gasteiger partial charge in [-0.1, -0.05) is 36.9 Å². The van der Waals surface area contributed by atoms with Gasteiger partial charge in [0.25, 0.3) is 0 Å². The molecule has 2 nitrogen and oxygen atoms in total. The Morgan fingerprint density at radius 3 is 2.54 bits per heavy atom. The Morgan fingerprint density at radius 1 is 1.31 bits per heavy atom. The number of aliphatic hydroxyl groups is 1. The average molecular weight is 195 g/mol. The third-order valence-corrected chi connectivity index (χ3v) is 3.07. The molecule has 0 radical (unpaired) electrons. The molecule has 0 saturated carbocycles. The van der Waals surface area contributed by atoms with E-state index in [0.717, 1.165) is 12.7 Å². The molecule has 0 atom stereocenters. The molecule has 1 aromatic rings. The molecule has 13 heavy (non-hydrogen) atoms. The molecule has 0 aliphatic rings. The molecular weight excluding hydrogens is 178 g/mol. The molecule has 0 fully saturated rings. The van der Waals surface area contributed by atoms with Crippen LogP contribution in [0.1, 0.15) is 5.56 Å². The zero-order chi connectivity index (χ0) is 9.52. The quantitative estimate of drug-likeness (QED) is 0.550. The van der Waals surface area contributed by atoms with Crippen LogP contribution in [0.4, 0.5) is 0 Å². The van der Waals surface area contributed by atoms with E-state index in [1.54, 1.807) is 0 Å². The molecule has 0 heterocycles. The van der Waals surface area contributed by atoms with Crippen LogP contribution in [0.2, 0.25) is 6.55 Å². The van der Waals surface area contributed by atoms with Crippen LogP contribution in [0, 0.1) is 0 Å². The Morgan fingerprint density at radius 2 is 2.00 bits per heavy atom. The lowest BCUT2D eigenvalue weighted by atomic mass is 10.2. The van der Waals surface area contributed by atoms with E-state index in [4.69, 9.17) is 5.11 Å². The molecule has 3 heteroatoms. The third kappa shape index (κ3) is 3.72. The highest BCUT2D eigenvalue weighted by molar-refractivity contribution is 6.33. The Bertz CT molecular complexity index is 228. The van der Waals surface area contributed by atoms with Crippen LogP contribution in [0.25, 0.3) is 0 Å². The zero-order valence-electron chi connectivity index (χ0n) is 8.11. The maximum Gasteiger partial charge on any atom is 0.0956 e. The van der Waals surface area contributed by atoms with E-state index in [0.29, 0.717) is 0 Å². The third-order valence-electron chi connectivity index (χ3n) is 1.99. The summed E-state index contributed by atoms with van der Waals surface area (Å²) in [6, 6.07) is 10.3. The molecular formula is C10H17NOSi. The van der Waals surface area contributed by atoms with E-state index >= 15 is 0 Å². The number of hydrogen-bond donors (Lipinski definition) is 1. The van der Waals surface area contributed by atoms with Crippen molar-refractivity contribution < 1.29 is 5.11 Å². The summed E-state index contributed by atoms with van der Waals surface area (Å²) in [6.07, 6.45) is 1.09. The number of rotatable bonds is 5. The Balaban J connectivity index is 2.46. The largest absolute Gasteiger partial charge is 0.381 e. The molecule has 0 unspecified atom stereocenters. The SMILES string of the molecule is C[SiH2]CN(CO)Cc1ccccc1. The highest BCUT2D eigenvalue weighted by Crippen LogP contribution is 2.02. The van der Waals surface area contributed by atoms with Crippen LogP contribution in [-0.4, -0.2) is 32.4 Å². The molecule has 0 aliphatic heterocycles. The van der Waals surface area contributed by atoms with Crippen molar-refractivity contribution in [2.75, 3.05) is 12.9 Å². The van der Waals surface area contributed by atoms with Crippen molar-refractivity contribution in [2.24, 2.45) is 0 Å². The number of aliphatic hydroxyl groups excluding tert-OH is 1. The van der Waals surface area contributed by atoms with Gasteiger partial charge < -0.3 is 5.11 Å². The fourth-order valence-corrected chi connectivity index (χ4v) is 2.29. The van der Waals surface area contributed by atoms with Gasteiger partial charge in [-0.3, -0.25) is 4.90 Å². The van der Waals surface area contributed by atoms with Crippen molar-refractivity contribution in [1.82, 2.24) is 4.90 Å². The number of nitrogens with zero attached hydrogens (tertiary/aromatic N) is 1. The van der Waals surface area contributed by atoms with Crippen molar-refractivity contribution in [2.45, 2.75) is 13.1 Å². The molecule has 0 saturated heterocycles. The summed E-state index contributed by atoms with van der Waals surface area (Å²) >= 11 is 0. The molecule has 0 aromatic heterocycles. The van der Waals surface area contributed by atoms with Crippen LogP contribution in [0.3, 0.4) is 0 Å². The summed E-state index contributed by atoms with van der Waals surface area (Å²) in [5.74, 6) is 0. The van der Waals surface area contributed by atoms with E-state index in [1.807, 2.05) is 18.2 Å². The van der Waals surface area contributed by atoms with E-state index in [9.17, 15) is 0 Å². The predicted molar refractivity (Wildman–Crippen MR) is 58.3 cm³/mol. The van der Waals surface area contributed by atoms with Gasteiger partial charge in [0.05, 0.1) is 6.73 Å². The minimum atomic E-state index is 0.00561. The first-order chi connectivity index (χ1) is 6.36. The highest BCUT2D eigenvalue weighted by atomic mass is 28.2. The average Bonchev–Trinajstić information content (AvgIpc) is 2.19. The first kappa shape index (κ1) is 10.4. The van der Waals surface area contributed by atoms with E-state index < -0.39 is 0 Å². The summed E-state index contributed by atoms with van der Waals surface area (Å²) < 4.78 is 0. The van der Waals surface area contributed by atoms with Crippen LogP contribution in [0.5, 0.6) is 0 Å².